The van der Waals surface area contributed by atoms with Crippen LogP contribution in [-0.4, -0.2) is 11.0 Å². The Labute approximate surface area is 112 Å². The summed E-state index contributed by atoms with van der Waals surface area (Å²) < 4.78 is 0. The summed E-state index contributed by atoms with van der Waals surface area (Å²) in [6.07, 6.45) is 13.8. The summed E-state index contributed by atoms with van der Waals surface area (Å²) in [5.74, 6) is 4.28. The fourth-order valence-electron chi connectivity index (χ4n) is 3.74. The zero-order valence-electron chi connectivity index (χ0n) is 11.4. The van der Waals surface area contributed by atoms with Crippen molar-refractivity contribution in [2.75, 3.05) is 5.75 Å². The molecule has 1 heteroatoms. The Kier molecular flexibility index (Phi) is 5.47. The molecule has 4 atom stereocenters. The van der Waals surface area contributed by atoms with Gasteiger partial charge in [0.05, 0.1) is 0 Å². The van der Waals surface area contributed by atoms with Crippen molar-refractivity contribution >= 4 is 11.8 Å². The molecule has 17 heavy (non-hydrogen) atoms. The normalized spacial score (nSPS) is 35.4. The van der Waals surface area contributed by atoms with Crippen molar-refractivity contribution in [2.45, 2.75) is 63.5 Å². The zero-order chi connectivity index (χ0) is 12.1. The summed E-state index contributed by atoms with van der Waals surface area (Å²) in [5.41, 5.74) is 0. The van der Waals surface area contributed by atoms with E-state index < -0.39 is 0 Å². The van der Waals surface area contributed by atoms with Crippen LogP contribution in [0.5, 0.6) is 0 Å². The van der Waals surface area contributed by atoms with Crippen LogP contribution in [0, 0.1) is 17.8 Å². The van der Waals surface area contributed by atoms with Gasteiger partial charge in [0, 0.05) is 5.25 Å². The Morgan fingerprint density at radius 1 is 1.12 bits per heavy atom. The lowest BCUT2D eigenvalue weighted by atomic mass is 9.89. The molecule has 2 aliphatic rings. The second-order valence-electron chi connectivity index (χ2n) is 5.96. The molecule has 0 aliphatic heterocycles. The van der Waals surface area contributed by atoms with Crippen LogP contribution in [0.15, 0.2) is 12.7 Å². The molecule has 0 radical (unpaired) electrons. The molecular weight excluding hydrogens is 224 g/mol. The Hall–Kier alpha value is 0.0900. The summed E-state index contributed by atoms with van der Waals surface area (Å²) in [4.78, 5) is 0. The molecule has 0 N–H and O–H groups in total. The molecule has 2 rings (SSSR count). The van der Waals surface area contributed by atoms with Crippen LogP contribution in [0.25, 0.3) is 0 Å². The molecule has 2 fully saturated rings. The van der Waals surface area contributed by atoms with Gasteiger partial charge in [0.15, 0.2) is 0 Å². The van der Waals surface area contributed by atoms with Crippen molar-refractivity contribution < 1.29 is 0 Å². The first-order chi connectivity index (χ1) is 8.35. The summed E-state index contributed by atoms with van der Waals surface area (Å²) in [6.45, 7) is 6.31. The van der Waals surface area contributed by atoms with Crippen molar-refractivity contribution in [1.29, 1.82) is 0 Å². The maximum Gasteiger partial charge on any atom is 0.00836 e. The van der Waals surface area contributed by atoms with E-state index in [-0.39, 0.29) is 0 Å². The standard InChI is InChI=1S/C16H28S/c1-3-5-6-7-8-9-17-16-12-13-10-14(4-2)15(16)11-13/h4,13-16H,2-3,5-12H2,1H3. The molecule has 0 spiro atoms. The Bertz CT molecular complexity index is 236. The first-order valence-electron chi connectivity index (χ1n) is 7.59. The minimum Gasteiger partial charge on any atom is -0.158 e. The lowest BCUT2D eigenvalue weighted by molar-refractivity contribution is 0.405. The van der Waals surface area contributed by atoms with Gasteiger partial charge in [-0.05, 0) is 49.2 Å². The van der Waals surface area contributed by atoms with Gasteiger partial charge in [-0.1, -0.05) is 38.7 Å². The van der Waals surface area contributed by atoms with E-state index in [1.807, 2.05) is 0 Å². The van der Waals surface area contributed by atoms with E-state index in [2.05, 4.69) is 31.3 Å². The number of hydrogen-bond acceptors (Lipinski definition) is 1. The molecular formula is C16H28S. The van der Waals surface area contributed by atoms with Gasteiger partial charge in [0.2, 0.25) is 0 Å². The first kappa shape index (κ1) is 13.5. The third kappa shape index (κ3) is 3.53. The molecule has 2 bridgehead atoms. The number of hydrogen-bond donors (Lipinski definition) is 0. The molecule has 0 aromatic carbocycles. The van der Waals surface area contributed by atoms with Gasteiger partial charge in [-0.25, -0.2) is 0 Å². The highest BCUT2D eigenvalue weighted by molar-refractivity contribution is 7.99. The largest absolute Gasteiger partial charge is 0.158 e. The second kappa shape index (κ2) is 6.87. The number of rotatable bonds is 8. The Balaban J connectivity index is 1.59. The zero-order valence-corrected chi connectivity index (χ0v) is 12.2. The minimum absolute atomic E-state index is 0.853. The van der Waals surface area contributed by atoms with Crippen LogP contribution in [0.3, 0.4) is 0 Å². The van der Waals surface area contributed by atoms with E-state index in [1.54, 1.807) is 0 Å². The average Bonchev–Trinajstić information content (AvgIpc) is 2.92. The third-order valence-corrected chi connectivity index (χ3v) is 6.18. The maximum absolute atomic E-state index is 4.02. The summed E-state index contributed by atoms with van der Waals surface area (Å²) in [6, 6.07) is 0. The minimum atomic E-state index is 0.853. The molecule has 2 aliphatic carbocycles. The predicted molar refractivity (Wildman–Crippen MR) is 79.5 cm³/mol. The Morgan fingerprint density at radius 3 is 2.65 bits per heavy atom. The van der Waals surface area contributed by atoms with Gasteiger partial charge in [-0.2, -0.15) is 11.8 Å². The van der Waals surface area contributed by atoms with Crippen LogP contribution in [0.4, 0.5) is 0 Å². The van der Waals surface area contributed by atoms with Crippen LogP contribution in [0.1, 0.15) is 58.3 Å². The molecule has 0 nitrogen and oxygen atoms in total. The monoisotopic (exact) mass is 252 g/mol. The highest BCUT2D eigenvalue weighted by Gasteiger charge is 2.44. The molecule has 4 unspecified atom stereocenters. The van der Waals surface area contributed by atoms with E-state index in [0.717, 1.165) is 23.0 Å². The van der Waals surface area contributed by atoms with E-state index in [9.17, 15) is 0 Å². The number of allylic oxidation sites excluding steroid dienone is 1. The smallest absolute Gasteiger partial charge is 0.00836 e. The van der Waals surface area contributed by atoms with Gasteiger partial charge in [0.25, 0.3) is 0 Å². The van der Waals surface area contributed by atoms with Crippen LogP contribution < -0.4 is 0 Å². The first-order valence-corrected chi connectivity index (χ1v) is 8.64. The van der Waals surface area contributed by atoms with E-state index >= 15 is 0 Å². The average molecular weight is 252 g/mol. The second-order valence-corrected chi connectivity index (χ2v) is 7.31. The van der Waals surface area contributed by atoms with Crippen molar-refractivity contribution in [3.8, 4) is 0 Å². The van der Waals surface area contributed by atoms with E-state index in [0.29, 0.717) is 0 Å². The molecule has 98 valence electrons. The number of fused-ring (bicyclic) bond motifs is 2. The van der Waals surface area contributed by atoms with Crippen molar-refractivity contribution in [3.63, 3.8) is 0 Å². The predicted octanol–water partition coefficient (Wildman–Crippen LogP) is 5.29. The number of unbranched alkanes of at least 4 members (excludes halogenated alkanes) is 4. The Morgan fingerprint density at radius 2 is 1.94 bits per heavy atom. The van der Waals surface area contributed by atoms with Crippen LogP contribution >= 0.6 is 11.8 Å². The fraction of sp³-hybridized carbons (Fsp3) is 0.875. The van der Waals surface area contributed by atoms with E-state index in [4.69, 9.17) is 0 Å². The summed E-state index contributed by atoms with van der Waals surface area (Å²) >= 11 is 2.28. The van der Waals surface area contributed by atoms with Crippen molar-refractivity contribution in [3.05, 3.63) is 12.7 Å². The lowest BCUT2D eigenvalue weighted by Crippen LogP contribution is -2.21. The summed E-state index contributed by atoms with van der Waals surface area (Å²) in [5, 5.41) is 0.975. The van der Waals surface area contributed by atoms with Gasteiger partial charge >= 0.3 is 0 Å². The molecule has 0 amide bonds. The highest BCUT2D eigenvalue weighted by Crippen LogP contribution is 2.53. The lowest BCUT2D eigenvalue weighted by Gasteiger charge is -2.27. The molecule has 0 aromatic rings. The topological polar surface area (TPSA) is 0 Å². The van der Waals surface area contributed by atoms with Gasteiger partial charge in [0.1, 0.15) is 0 Å². The van der Waals surface area contributed by atoms with Gasteiger partial charge in [-0.3, -0.25) is 0 Å². The third-order valence-electron chi connectivity index (χ3n) is 4.69. The van der Waals surface area contributed by atoms with E-state index in [1.165, 1.54) is 57.1 Å². The van der Waals surface area contributed by atoms with Gasteiger partial charge < -0.3 is 0 Å². The number of thioether (sulfide) groups is 1. The van der Waals surface area contributed by atoms with Crippen LogP contribution in [0.2, 0.25) is 0 Å². The van der Waals surface area contributed by atoms with Crippen molar-refractivity contribution in [2.24, 2.45) is 17.8 Å². The van der Waals surface area contributed by atoms with Gasteiger partial charge in [-0.15, -0.1) is 6.58 Å². The van der Waals surface area contributed by atoms with Crippen LogP contribution in [-0.2, 0) is 0 Å². The molecule has 2 saturated carbocycles. The molecule has 0 aromatic heterocycles. The molecule has 0 saturated heterocycles. The summed E-state index contributed by atoms with van der Waals surface area (Å²) in [7, 11) is 0. The maximum atomic E-state index is 4.02. The SMILES string of the molecule is C=CC1CC2CC(SCCCCCCC)C1C2. The molecule has 0 heterocycles. The quantitative estimate of drug-likeness (QED) is 0.418. The van der Waals surface area contributed by atoms with Crippen molar-refractivity contribution in [1.82, 2.24) is 0 Å². The fourth-order valence-corrected chi connectivity index (χ4v) is 5.38. The highest BCUT2D eigenvalue weighted by atomic mass is 32.2.